The van der Waals surface area contributed by atoms with E-state index in [2.05, 4.69) is 46.5 Å². The number of morpholine rings is 1. The maximum absolute atomic E-state index is 5.93. The van der Waals surface area contributed by atoms with Crippen LogP contribution in [0.5, 0.6) is 0 Å². The van der Waals surface area contributed by atoms with Gasteiger partial charge in [-0.2, -0.15) is 0 Å². The van der Waals surface area contributed by atoms with Crippen molar-refractivity contribution in [3.8, 4) is 0 Å². The number of nitrogens with zero attached hydrogens (tertiary/aromatic N) is 2. The van der Waals surface area contributed by atoms with Crippen molar-refractivity contribution in [2.45, 2.75) is 44.2 Å². The van der Waals surface area contributed by atoms with Crippen molar-refractivity contribution in [3.05, 3.63) is 0 Å². The first kappa shape index (κ1) is 14.8. The Morgan fingerprint density at radius 3 is 2.72 bits per heavy atom. The fourth-order valence-electron chi connectivity index (χ4n) is 2.98. The van der Waals surface area contributed by atoms with Gasteiger partial charge in [-0.05, 0) is 32.7 Å². The largest absolute Gasteiger partial charge is 0.374 e. The molecule has 2 rings (SSSR count). The molecule has 0 spiro atoms. The molecule has 3 nitrogen and oxygen atoms in total. The third-order valence-corrected chi connectivity index (χ3v) is 5.61. The first-order valence-corrected chi connectivity index (χ1v) is 8.20. The average molecular weight is 319 g/mol. The summed E-state index contributed by atoms with van der Waals surface area (Å²) in [7, 11) is 0. The summed E-state index contributed by atoms with van der Waals surface area (Å²) in [5.41, 5.74) is 0. The second kappa shape index (κ2) is 6.69. The number of alkyl halides is 1. The molecule has 2 aliphatic rings. The molecule has 0 aromatic carbocycles. The minimum absolute atomic E-state index is 0.403. The van der Waals surface area contributed by atoms with Crippen LogP contribution in [-0.2, 0) is 4.74 Å². The summed E-state index contributed by atoms with van der Waals surface area (Å²) >= 11 is 3.77. The van der Waals surface area contributed by atoms with Crippen molar-refractivity contribution in [1.82, 2.24) is 9.80 Å². The molecule has 4 heteroatoms. The number of hydrogen-bond donors (Lipinski definition) is 0. The molecule has 0 aromatic rings. The highest BCUT2D eigenvalue weighted by Crippen LogP contribution is 2.24. The number of piperidine rings is 1. The topological polar surface area (TPSA) is 15.7 Å². The molecule has 0 aliphatic carbocycles. The molecule has 0 bridgehead atoms. The summed E-state index contributed by atoms with van der Waals surface area (Å²) in [5, 5.41) is 0. The Balaban J connectivity index is 1.79. The van der Waals surface area contributed by atoms with E-state index in [1.165, 1.54) is 19.5 Å². The van der Waals surface area contributed by atoms with E-state index in [4.69, 9.17) is 4.74 Å². The predicted molar refractivity (Wildman–Crippen MR) is 79.4 cm³/mol. The van der Waals surface area contributed by atoms with Crippen LogP contribution in [0.3, 0.4) is 0 Å². The first-order chi connectivity index (χ1) is 8.56. The van der Waals surface area contributed by atoms with Crippen LogP contribution >= 0.6 is 15.9 Å². The molecule has 3 atom stereocenters. The van der Waals surface area contributed by atoms with E-state index in [1.54, 1.807) is 0 Å². The van der Waals surface area contributed by atoms with Crippen molar-refractivity contribution in [3.63, 3.8) is 0 Å². The van der Waals surface area contributed by atoms with Crippen molar-refractivity contribution >= 4 is 15.9 Å². The van der Waals surface area contributed by atoms with E-state index in [9.17, 15) is 0 Å². The van der Waals surface area contributed by atoms with Crippen LogP contribution in [0, 0.1) is 5.92 Å². The smallest absolute Gasteiger partial charge is 0.0829 e. The van der Waals surface area contributed by atoms with Gasteiger partial charge < -0.3 is 9.64 Å². The highest BCUT2D eigenvalue weighted by Gasteiger charge is 2.28. The van der Waals surface area contributed by atoms with Crippen LogP contribution in [0.2, 0.25) is 0 Å². The lowest BCUT2D eigenvalue weighted by molar-refractivity contribution is -0.0553. The van der Waals surface area contributed by atoms with Gasteiger partial charge in [0.25, 0.3) is 0 Å². The Labute approximate surface area is 120 Å². The normalized spacial score (nSPS) is 36.2. The molecule has 2 heterocycles. The van der Waals surface area contributed by atoms with Crippen molar-refractivity contribution in [2.75, 3.05) is 39.3 Å². The molecule has 18 heavy (non-hydrogen) atoms. The van der Waals surface area contributed by atoms with Crippen molar-refractivity contribution < 1.29 is 4.74 Å². The van der Waals surface area contributed by atoms with Crippen molar-refractivity contribution in [1.29, 1.82) is 0 Å². The molecule has 2 saturated heterocycles. The molecule has 0 saturated carbocycles. The minimum Gasteiger partial charge on any atom is -0.374 e. The first-order valence-electron chi connectivity index (χ1n) is 7.28. The minimum atomic E-state index is 0.403. The molecule has 2 aliphatic heterocycles. The molecule has 0 N–H and O–H groups in total. The third-order valence-electron chi connectivity index (χ3n) is 4.25. The number of halogens is 1. The van der Waals surface area contributed by atoms with E-state index in [0.29, 0.717) is 17.0 Å². The van der Waals surface area contributed by atoms with Crippen LogP contribution in [-0.4, -0.2) is 66.1 Å². The van der Waals surface area contributed by atoms with Crippen LogP contribution in [0.1, 0.15) is 27.2 Å². The lowest BCUT2D eigenvalue weighted by atomic mass is 9.99. The lowest BCUT2D eigenvalue weighted by Gasteiger charge is -2.40. The Bertz CT molecular complexity index is 262. The zero-order valence-corrected chi connectivity index (χ0v) is 13.5. The molecular formula is C14H27BrN2O. The maximum Gasteiger partial charge on any atom is 0.0829 e. The lowest BCUT2D eigenvalue weighted by Crippen LogP contribution is -2.51. The standard InChI is InChI=1S/C14H27BrN2O/c1-11(2)17-6-7-18-13(10-17)9-16-5-4-14(15)12(3)8-16/h11-14H,4-10H2,1-3H3. The van der Waals surface area contributed by atoms with Crippen LogP contribution in [0.4, 0.5) is 0 Å². The Morgan fingerprint density at radius 1 is 1.28 bits per heavy atom. The zero-order chi connectivity index (χ0) is 13.1. The van der Waals surface area contributed by atoms with Gasteiger partial charge in [0.05, 0.1) is 12.7 Å². The van der Waals surface area contributed by atoms with Gasteiger partial charge in [-0.15, -0.1) is 0 Å². The Kier molecular flexibility index (Phi) is 5.48. The van der Waals surface area contributed by atoms with Gasteiger partial charge in [0, 0.05) is 37.0 Å². The van der Waals surface area contributed by atoms with Crippen LogP contribution < -0.4 is 0 Å². The van der Waals surface area contributed by atoms with E-state index >= 15 is 0 Å². The highest BCUT2D eigenvalue weighted by atomic mass is 79.9. The van der Waals surface area contributed by atoms with E-state index in [-0.39, 0.29) is 0 Å². The number of rotatable bonds is 3. The fraction of sp³-hybridized carbons (Fsp3) is 1.00. The molecular weight excluding hydrogens is 292 g/mol. The molecule has 0 aromatic heterocycles. The molecule has 3 unspecified atom stereocenters. The quantitative estimate of drug-likeness (QED) is 0.742. The van der Waals surface area contributed by atoms with Gasteiger partial charge in [-0.3, -0.25) is 4.90 Å². The summed E-state index contributed by atoms with van der Waals surface area (Å²) < 4.78 is 5.93. The summed E-state index contributed by atoms with van der Waals surface area (Å²) in [4.78, 5) is 5.82. The van der Waals surface area contributed by atoms with Gasteiger partial charge in [-0.1, -0.05) is 22.9 Å². The second-order valence-electron chi connectivity index (χ2n) is 6.12. The number of ether oxygens (including phenoxy) is 1. The van der Waals surface area contributed by atoms with Gasteiger partial charge in [0.1, 0.15) is 0 Å². The van der Waals surface area contributed by atoms with Crippen LogP contribution in [0.15, 0.2) is 0 Å². The van der Waals surface area contributed by atoms with E-state index in [1.807, 2.05) is 0 Å². The summed E-state index contributed by atoms with van der Waals surface area (Å²) in [6.45, 7) is 13.5. The number of likely N-dealkylation sites (tertiary alicyclic amines) is 1. The molecule has 2 fully saturated rings. The fourth-order valence-corrected chi connectivity index (χ4v) is 3.35. The van der Waals surface area contributed by atoms with Gasteiger partial charge >= 0.3 is 0 Å². The van der Waals surface area contributed by atoms with Gasteiger partial charge in [0.15, 0.2) is 0 Å². The molecule has 0 radical (unpaired) electrons. The highest BCUT2D eigenvalue weighted by molar-refractivity contribution is 9.09. The van der Waals surface area contributed by atoms with Gasteiger partial charge in [0.2, 0.25) is 0 Å². The Hall–Kier alpha value is 0.360. The Morgan fingerprint density at radius 2 is 2.06 bits per heavy atom. The zero-order valence-electron chi connectivity index (χ0n) is 11.9. The summed E-state index contributed by atoms with van der Waals surface area (Å²) in [6.07, 6.45) is 1.67. The summed E-state index contributed by atoms with van der Waals surface area (Å²) in [6, 6.07) is 0.642. The monoisotopic (exact) mass is 318 g/mol. The second-order valence-corrected chi connectivity index (χ2v) is 7.30. The van der Waals surface area contributed by atoms with E-state index < -0.39 is 0 Å². The van der Waals surface area contributed by atoms with E-state index in [0.717, 1.165) is 32.2 Å². The average Bonchev–Trinajstić information content (AvgIpc) is 2.34. The van der Waals surface area contributed by atoms with Gasteiger partial charge in [-0.25, -0.2) is 0 Å². The SMILES string of the molecule is CC1CN(CC2CN(C(C)C)CCO2)CCC1Br. The third kappa shape index (κ3) is 3.92. The maximum atomic E-state index is 5.93. The van der Waals surface area contributed by atoms with Crippen LogP contribution in [0.25, 0.3) is 0 Å². The number of hydrogen-bond acceptors (Lipinski definition) is 3. The molecule has 106 valence electrons. The predicted octanol–water partition coefficient (Wildman–Crippen LogP) is 2.20. The van der Waals surface area contributed by atoms with Crippen molar-refractivity contribution in [2.24, 2.45) is 5.92 Å². The summed E-state index contributed by atoms with van der Waals surface area (Å²) in [5.74, 6) is 0.753. The molecule has 0 amide bonds.